The van der Waals surface area contributed by atoms with E-state index in [1.165, 1.54) is 16.5 Å². The zero-order valence-corrected chi connectivity index (χ0v) is 15.4. The van der Waals surface area contributed by atoms with Gasteiger partial charge in [-0.05, 0) is 29.3 Å². The van der Waals surface area contributed by atoms with Crippen molar-refractivity contribution < 1.29 is 8.42 Å². The average molecular weight is 377 g/mol. The summed E-state index contributed by atoms with van der Waals surface area (Å²) in [6, 6.07) is 27.0. The van der Waals surface area contributed by atoms with Gasteiger partial charge in [0.1, 0.15) is 0 Å². The van der Waals surface area contributed by atoms with Gasteiger partial charge >= 0.3 is 0 Å². The number of hydrogen-bond acceptors (Lipinski definition) is 4. The van der Waals surface area contributed by atoms with Crippen LogP contribution in [0.2, 0.25) is 0 Å². The quantitative estimate of drug-likeness (QED) is 0.640. The molecule has 3 aromatic rings. The minimum atomic E-state index is -3.83. The zero-order chi connectivity index (χ0) is 19.1. The maximum absolute atomic E-state index is 13.2. The summed E-state index contributed by atoms with van der Waals surface area (Å²) in [4.78, 5) is 0.0815. The van der Waals surface area contributed by atoms with Gasteiger partial charge in [-0.1, -0.05) is 66.7 Å². The molecular weight excluding hydrogens is 358 g/mol. The number of hydrogen-bond donors (Lipinski definition) is 1. The van der Waals surface area contributed by atoms with Gasteiger partial charge in [-0.3, -0.25) is 0 Å². The molecule has 0 aliphatic rings. The molecule has 5 nitrogen and oxygen atoms in total. The molecule has 6 heteroatoms. The minimum Gasteiger partial charge on any atom is -0.236 e. The summed E-state index contributed by atoms with van der Waals surface area (Å²) in [5.74, 6) is 0. The predicted molar refractivity (Wildman–Crippen MR) is 104 cm³/mol. The third-order valence-electron chi connectivity index (χ3n) is 4.02. The molecule has 136 valence electrons. The topological polar surface area (TPSA) is 73.2 Å². The van der Waals surface area contributed by atoms with Crippen LogP contribution < -0.4 is 5.43 Å². The lowest BCUT2D eigenvalue weighted by Crippen LogP contribution is -2.41. The number of nitrogens with one attached hydrogen (secondary N) is 1. The van der Waals surface area contributed by atoms with Crippen molar-refractivity contribution in [2.75, 3.05) is 0 Å². The minimum absolute atomic E-state index is 0.0815. The van der Waals surface area contributed by atoms with Crippen LogP contribution in [0.5, 0.6) is 0 Å². The Hall–Kier alpha value is -2.98. The van der Waals surface area contributed by atoms with Gasteiger partial charge in [0.2, 0.25) is 0 Å². The van der Waals surface area contributed by atoms with Crippen molar-refractivity contribution in [3.63, 3.8) is 0 Å². The number of sulfonamides is 1. The Bertz CT molecular complexity index is 1030. The predicted octanol–water partition coefficient (Wildman–Crippen LogP) is 3.45. The molecule has 0 bridgehead atoms. The first kappa shape index (κ1) is 18.8. The van der Waals surface area contributed by atoms with Crippen molar-refractivity contribution in [3.8, 4) is 6.07 Å². The van der Waals surface area contributed by atoms with E-state index >= 15 is 0 Å². The van der Waals surface area contributed by atoms with E-state index in [1.54, 1.807) is 12.1 Å². The smallest absolute Gasteiger partial charge is 0.236 e. The Morgan fingerprint density at radius 3 is 2.11 bits per heavy atom. The molecule has 0 saturated heterocycles. The summed E-state index contributed by atoms with van der Waals surface area (Å²) < 4.78 is 27.6. The Balaban J connectivity index is 1.90. The standard InChI is InChI=1S/C21H19N3O2S/c22-15-20-12-7-13-21(14-20)27(25,26)24(17-19-10-5-2-6-11-19)23-16-18-8-3-1-4-9-18/h1-14,23H,16-17H2. The molecule has 0 fully saturated rings. The van der Waals surface area contributed by atoms with Crippen LogP contribution in [-0.4, -0.2) is 12.8 Å². The van der Waals surface area contributed by atoms with Crippen molar-refractivity contribution in [1.29, 1.82) is 5.26 Å². The van der Waals surface area contributed by atoms with Crippen LogP contribution in [0.15, 0.2) is 89.8 Å². The molecule has 3 aromatic carbocycles. The summed E-state index contributed by atoms with van der Waals surface area (Å²) in [5, 5.41) is 9.08. The molecule has 0 aliphatic carbocycles. The second-order valence-electron chi connectivity index (χ2n) is 5.96. The SMILES string of the molecule is N#Cc1cccc(S(=O)(=O)N(Cc2ccccc2)NCc2ccccc2)c1. The summed E-state index contributed by atoms with van der Waals surface area (Å²) in [5.41, 5.74) is 5.16. The summed E-state index contributed by atoms with van der Waals surface area (Å²) in [6.45, 7) is 0.539. The lowest BCUT2D eigenvalue weighted by Gasteiger charge is -2.23. The number of hydrazine groups is 1. The van der Waals surface area contributed by atoms with E-state index < -0.39 is 10.0 Å². The summed E-state index contributed by atoms with van der Waals surface area (Å²) in [7, 11) is -3.83. The molecule has 0 saturated carbocycles. The fraction of sp³-hybridized carbons (Fsp3) is 0.0952. The second-order valence-corrected chi connectivity index (χ2v) is 7.82. The van der Waals surface area contributed by atoms with E-state index in [-0.39, 0.29) is 11.4 Å². The van der Waals surface area contributed by atoms with Crippen LogP contribution in [0.3, 0.4) is 0 Å². The monoisotopic (exact) mass is 377 g/mol. The first-order valence-electron chi connectivity index (χ1n) is 8.44. The zero-order valence-electron chi connectivity index (χ0n) is 14.6. The van der Waals surface area contributed by atoms with Crippen LogP contribution in [0, 0.1) is 11.3 Å². The normalized spacial score (nSPS) is 11.3. The molecule has 0 atom stereocenters. The number of benzene rings is 3. The van der Waals surface area contributed by atoms with Gasteiger partial charge in [0.25, 0.3) is 10.0 Å². The average Bonchev–Trinajstić information content (AvgIpc) is 2.72. The van der Waals surface area contributed by atoms with Crippen LogP contribution in [0.4, 0.5) is 0 Å². The Labute approximate surface area is 159 Å². The van der Waals surface area contributed by atoms with Crippen molar-refractivity contribution in [2.45, 2.75) is 18.0 Å². The largest absolute Gasteiger partial charge is 0.256 e. The maximum Gasteiger partial charge on any atom is 0.256 e. The van der Waals surface area contributed by atoms with Gasteiger partial charge in [-0.2, -0.15) is 5.26 Å². The third-order valence-corrected chi connectivity index (χ3v) is 5.71. The molecular formula is C21H19N3O2S. The number of nitrogens with zero attached hydrogens (tertiary/aromatic N) is 2. The third kappa shape index (κ3) is 4.80. The fourth-order valence-electron chi connectivity index (χ4n) is 2.60. The van der Waals surface area contributed by atoms with Crippen molar-refractivity contribution in [2.24, 2.45) is 0 Å². The number of rotatable bonds is 7. The molecule has 0 spiro atoms. The van der Waals surface area contributed by atoms with Crippen molar-refractivity contribution >= 4 is 10.0 Å². The van der Waals surface area contributed by atoms with E-state index in [2.05, 4.69) is 5.43 Å². The molecule has 0 radical (unpaired) electrons. The first-order chi connectivity index (χ1) is 13.1. The van der Waals surface area contributed by atoms with Gasteiger partial charge in [0.05, 0.1) is 23.1 Å². The highest BCUT2D eigenvalue weighted by atomic mass is 32.2. The molecule has 0 amide bonds. The Morgan fingerprint density at radius 1 is 0.852 bits per heavy atom. The van der Waals surface area contributed by atoms with E-state index in [0.29, 0.717) is 12.1 Å². The molecule has 0 unspecified atom stereocenters. The summed E-state index contributed by atoms with van der Waals surface area (Å²) >= 11 is 0. The molecule has 0 aliphatic heterocycles. The first-order valence-corrected chi connectivity index (χ1v) is 9.88. The van der Waals surface area contributed by atoms with Crippen LogP contribution >= 0.6 is 0 Å². The molecule has 27 heavy (non-hydrogen) atoms. The van der Waals surface area contributed by atoms with Crippen molar-refractivity contribution in [1.82, 2.24) is 9.84 Å². The van der Waals surface area contributed by atoms with E-state index in [9.17, 15) is 8.42 Å². The molecule has 3 rings (SSSR count). The maximum atomic E-state index is 13.2. The van der Waals surface area contributed by atoms with E-state index in [4.69, 9.17) is 5.26 Å². The van der Waals surface area contributed by atoms with Crippen LogP contribution in [0.25, 0.3) is 0 Å². The highest BCUT2D eigenvalue weighted by molar-refractivity contribution is 7.89. The lowest BCUT2D eigenvalue weighted by atomic mass is 10.2. The van der Waals surface area contributed by atoms with Gasteiger partial charge in [-0.25, -0.2) is 13.8 Å². The Kier molecular flexibility index (Phi) is 5.99. The lowest BCUT2D eigenvalue weighted by molar-refractivity contribution is 0.305. The van der Waals surface area contributed by atoms with Crippen LogP contribution in [-0.2, 0) is 23.1 Å². The molecule has 0 heterocycles. The fourth-order valence-corrected chi connectivity index (χ4v) is 3.94. The van der Waals surface area contributed by atoms with Crippen LogP contribution in [0.1, 0.15) is 16.7 Å². The summed E-state index contributed by atoms with van der Waals surface area (Å²) in [6.07, 6.45) is 0. The number of nitriles is 1. The van der Waals surface area contributed by atoms with E-state index in [1.807, 2.05) is 66.7 Å². The van der Waals surface area contributed by atoms with Gasteiger partial charge in [0.15, 0.2) is 0 Å². The molecule has 1 N–H and O–H groups in total. The second kappa shape index (κ2) is 8.60. The van der Waals surface area contributed by atoms with Gasteiger partial charge < -0.3 is 0 Å². The highest BCUT2D eigenvalue weighted by Gasteiger charge is 2.25. The van der Waals surface area contributed by atoms with Gasteiger partial charge in [-0.15, -0.1) is 4.41 Å². The van der Waals surface area contributed by atoms with E-state index in [0.717, 1.165) is 11.1 Å². The molecule has 0 aromatic heterocycles. The van der Waals surface area contributed by atoms with Gasteiger partial charge in [0, 0.05) is 6.54 Å². The Morgan fingerprint density at radius 2 is 1.48 bits per heavy atom. The van der Waals surface area contributed by atoms with Crippen molar-refractivity contribution in [3.05, 3.63) is 102 Å². The highest BCUT2D eigenvalue weighted by Crippen LogP contribution is 2.18.